The lowest BCUT2D eigenvalue weighted by Crippen LogP contribution is -2.35. The minimum atomic E-state index is -0.596. The number of carbonyl (C=O) groups is 2. The van der Waals surface area contributed by atoms with Gasteiger partial charge in [0, 0.05) is 18.6 Å². The molecule has 0 atom stereocenters. The van der Waals surface area contributed by atoms with Crippen molar-refractivity contribution in [1.29, 1.82) is 0 Å². The van der Waals surface area contributed by atoms with Crippen LogP contribution in [0.15, 0.2) is 77.7 Å². The summed E-state index contributed by atoms with van der Waals surface area (Å²) in [4.78, 5) is 44.5. The van der Waals surface area contributed by atoms with E-state index in [1.807, 2.05) is 0 Å². The van der Waals surface area contributed by atoms with Gasteiger partial charge >= 0.3 is 5.97 Å². The molecule has 1 amide bonds. The van der Waals surface area contributed by atoms with E-state index in [4.69, 9.17) is 4.74 Å². The Balaban J connectivity index is 1.82. The number of amides is 1. The van der Waals surface area contributed by atoms with E-state index in [-0.39, 0.29) is 23.5 Å². The van der Waals surface area contributed by atoms with Crippen LogP contribution in [-0.2, 0) is 11.3 Å². The Morgan fingerprint density at radius 3 is 2.48 bits per heavy atom. The number of benzene rings is 2. The van der Waals surface area contributed by atoms with Gasteiger partial charge in [0.2, 0.25) is 0 Å². The molecule has 0 aliphatic heterocycles. The first kappa shape index (κ1) is 21.9. The van der Waals surface area contributed by atoms with Gasteiger partial charge in [-0.15, -0.1) is 0 Å². The summed E-state index contributed by atoms with van der Waals surface area (Å²) >= 11 is 0. The van der Waals surface area contributed by atoms with Crippen LogP contribution in [0.5, 0.6) is 0 Å². The quantitative estimate of drug-likeness (QED) is 0.438. The summed E-state index contributed by atoms with van der Waals surface area (Å²) < 4.78 is 19.5. The number of anilines is 1. The summed E-state index contributed by atoms with van der Waals surface area (Å²) in [6, 6.07) is 17.2. The van der Waals surface area contributed by atoms with Crippen molar-refractivity contribution in [3.63, 3.8) is 0 Å². The van der Waals surface area contributed by atoms with Gasteiger partial charge in [-0.1, -0.05) is 24.3 Å². The van der Waals surface area contributed by atoms with Crippen molar-refractivity contribution in [1.82, 2.24) is 9.55 Å². The largest absolute Gasteiger partial charge is 0.465 e. The SMILES string of the molecule is COC(=O)c1ccccc1N(C)C(=O)c1cc2cccnc2n(Cc2ccc(F)cc2)c1=O. The van der Waals surface area contributed by atoms with E-state index in [2.05, 4.69) is 4.98 Å². The molecule has 0 N–H and O–H groups in total. The maximum Gasteiger partial charge on any atom is 0.339 e. The van der Waals surface area contributed by atoms with Crippen LogP contribution in [0.4, 0.5) is 10.1 Å². The topological polar surface area (TPSA) is 81.5 Å². The van der Waals surface area contributed by atoms with Crippen LogP contribution in [-0.4, -0.2) is 35.6 Å². The zero-order chi connectivity index (χ0) is 23.5. The number of hydrogen-bond acceptors (Lipinski definition) is 5. The third-order valence-electron chi connectivity index (χ3n) is 5.31. The molecular weight excluding hydrogens is 425 g/mol. The number of rotatable bonds is 5. The molecule has 33 heavy (non-hydrogen) atoms. The number of nitrogens with zero attached hydrogens (tertiary/aromatic N) is 3. The van der Waals surface area contributed by atoms with Crippen LogP contribution in [0.2, 0.25) is 0 Å². The number of hydrogen-bond donors (Lipinski definition) is 0. The monoisotopic (exact) mass is 445 g/mol. The fourth-order valence-corrected chi connectivity index (χ4v) is 3.62. The molecule has 2 aromatic heterocycles. The third kappa shape index (κ3) is 4.23. The van der Waals surface area contributed by atoms with Crippen LogP contribution in [0.1, 0.15) is 26.3 Å². The van der Waals surface area contributed by atoms with Crippen LogP contribution < -0.4 is 10.5 Å². The summed E-state index contributed by atoms with van der Waals surface area (Å²) in [5, 5.41) is 0.595. The molecule has 0 fully saturated rings. The number of methoxy groups -OCH3 is 1. The van der Waals surface area contributed by atoms with Gasteiger partial charge in [-0.2, -0.15) is 0 Å². The molecule has 0 saturated heterocycles. The molecule has 4 aromatic rings. The molecule has 0 aliphatic rings. The van der Waals surface area contributed by atoms with E-state index in [9.17, 15) is 18.8 Å². The van der Waals surface area contributed by atoms with Crippen molar-refractivity contribution in [3.8, 4) is 0 Å². The lowest BCUT2D eigenvalue weighted by atomic mass is 10.1. The highest BCUT2D eigenvalue weighted by molar-refractivity contribution is 6.10. The summed E-state index contributed by atoms with van der Waals surface area (Å²) in [6.45, 7) is 0.107. The van der Waals surface area contributed by atoms with Gasteiger partial charge in [0.1, 0.15) is 17.0 Å². The Hall–Kier alpha value is -4.33. The number of para-hydroxylation sites is 1. The molecule has 166 valence electrons. The van der Waals surface area contributed by atoms with E-state index in [1.54, 1.807) is 54.7 Å². The molecule has 2 heterocycles. The predicted molar refractivity (Wildman–Crippen MR) is 122 cm³/mol. The number of pyridine rings is 2. The molecular formula is C25H20FN3O4. The number of carbonyl (C=O) groups excluding carboxylic acids is 2. The van der Waals surface area contributed by atoms with E-state index in [0.717, 1.165) is 0 Å². The van der Waals surface area contributed by atoms with Crippen molar-refractivity contribution >= 4 is 28.6 Å². The van der Waals surface area contributed by atoms with Gasteiger partial charge in [-0.05, 0) is 48.0 Å². The Kier molecular flexibility index (Phi) is 5.99. The molecule has 4 rings (SSSR count). The number of fused-ring (bicyclic) bond motifs is 1. The first-order valence-electron chi connectivity index (χ1n) is 10.1. The van der Waals surface area contributed by atoms with Crippen LogP contribution >= 0.6 is 0 Å². The highest BCUT2D eigenvalue weighted by Crippen LogP contribution is 2.22. The Morgan fingerprint density at radius 1 is 1.03 bits per heavy atom. The fourth-order valence-electron chi connectivity index (χ4n) is 3.62. The van der Waals surface area contributed by atoms with Crippen LogP contribution in [0.3, 0.4) is 0 Å². The summed E-state index contributed by atoms with van der Waals surface area (Å²) in [6.07, 6.45) is 1.56. The van der Waals surface area contributed by atoms with Crippen molar-refractivity contribution in [2.24, 2.45) is 0 Å². The highest BCUT2D eigenvalue weighted by Gasteiger charge is 2.24. The van der Waals surface area contributed by atoms with Gasteiger partial charge in [-0.3, -0.25) is 14.2 Å². The molecule has 0 radical (unpaired) electrons. The zero-order valence-corrected chi connectivity index (χ0v) is 18.0. The maximum atomic E-state index is 13.4. The van der Waals surface area contributed by atoms with E-state index in [0.29, 0.717) is 22.3 Å². The summed E-state index contributed by atoms with van der Waals surface area (Å²) in [5.41, 5.74) is 0.966. The highest BCUT2D eigenvalue weighted by atomic mass is 19.1. The number of ether oxygens (including phenoxy) is 1. The van der Waals surface area contributed by atoms with E-state index >= 15 is 0 Å². The summed E-state index contributed by atoms with van der Waals surface area (Å²) in [7, 11) is 2.74. The van der Waals surface area contributed by atoms with Gasteiger partial charge in [0.15, 0.2) is 0 Å². The molecule has 0 saturated carbocycles. The molecule has 7 nitrogen and oxygen atoms in total. The first-order valence-corrected chi connectivity index (χ1v) is 10.1. The molecule has 0 unspecified atom stereocenters. The minimum absolute atomic E-state index is 0.0835. The normalized spacial score (nSPS) is 10.8. The minimum Gasteiger partial charge on any atom is -0.465 e. The number of halogens is 1. The van der Waals surface area contributed by atoms with Crippen molar-refractivity contribution in [2.45, 2.75) is 6.54 Å². The van der Waals surface area contributed by atoms with Gasteiger partial charge in [0.25, 0.3) is 11.5 Å². The van der Waals surface area contributed by atoms with Crippen LogP contribution in [0.25, 0.3) is 11.0 Å². The molecule has 0 bridgehead atoms. The number of esters is 1. The molecule has 0 spiro atoms. The molecule has 2 aromatic carbocycles. The Bertz CT molecular complexity index is 1410. The standard InChI is InChI=1S/C25H20FN3O4/c1-28(21-8-4-3-7-19(21)25(32)33-2)23(30)20-14-17-6-5-13-27-22(17)29(24(20)31)15-16-9-11-18(26)12-10-16/h3-14H,15H2,1-2H3. The van der Waals surface area contributed by atoms with Crippen molar-refractivity contribution < 1.29 is 18.7 Å². The molecule has 8 heteroatoms. The Morgan fingerprint density at radius 2 is 1.76 bits per heavy atom. The van der Waals surface area contributed by atoms with Crippen molar-refractivity contribution in [2.75, 3.05) is 19.1 Å². The average Bonchev–Trinajstić information content (AvgIpc) is 2.85. The second-order valence-electron chi connectivity index (χ2n) is 7.36. The van der Waals surface area contributed by atoms with Crippen LogP contribution in [0, 0.1) is 5.82 Å². The fraction of sp³-hybridized carbons (Fsp3) is 0.120. The second-order valence-corrected chi connectivity index (χ2v) is 7.36. The average molecular weight is 445 g/mol. The van der Waals surface area contributed by atoms with Gasteiger partial charge in [-0.25, -0.2) is 14.2 Å². The lowest BCUT2D eigenvalue weighted by molar-refractivity contribution is 0.0601. The Labute approximate surface area is 188 Å². The summed E-state index contributed by atoms with van der Waals surface area (Å²) in [5.74, 6) is -1.57. The third-order valence-corrected chi connectivity index (χ3v) is 5.31. The maximum absolute atomic E-state index is 13.4. The zero-order valence-electron chi connectivity index (χ0n) is 18.0. The second kappa shape index (κ2) is 9.04. The first-order chi connectivity index (χ1) is 15.9. The molecule has 0 aliphatic carbocycles. The van der Waals surface area contributed by atoms with Gasteiger partial charge in [0.05, 0.1) is 24.9 Å². The number of aromatic nitrogens is 2. The van der Waals surface area contributed by atoms with Gasteiger partial charge < -0.3 is 9.64 Å². The van der Waals surface area contributed by atoms with E-state index in [1.165, 1.54) is 41.8 Å². The smallest absolute Gasteiger partial charge is 0.339 e. The lowest BCUT2D eigenvalue weighted by Gasteiger charge is -2.20. The van der Waals surface area contributed by atoms with Crippen molar-refractivity contribution in [3.05, 3.63) is 106 Å². The predicted octanol–water partition coefficient (Wildman–Crippen LogP) is 3.65. The van der Waals surface area contributed by atoms with E-state index < -0.39 is 17.4 Å².